The zero-order valence-electron chi connectivity index (χ0n) is 12.8. The zero-order valence-corrected chi connectivity index (χ0v) is 12.8. The van der Waals surface area contributed by atoms with E-state index in [9.17, 15) is 5.11 Å². The van der Waals surface area contributed by atoms with Gasteiger partial charge in [0.15, 0.2) is 0 Å². The molecule has 3 nitrogen and oxygen atoms in total. The maximum Gasteiger partial charge on any atom is 0.0586 e. The third-order valence-electron chi connectivity index (χ3n) is 5.31. The van der Waals surface area contributed by atoms with E-state index >= 15 is 0 Å². The molecule has 2 fully saturated rings. The SMILES string of the molecule is CCNC1CCC(CC)CC1CN1CCCC1CO. The number of hydrogen-bond acceptors (Lipinski definition) is 3. The fourth-order valence-corrected chi connectivity index (χ4v) is 4.11. The Labute approximate surface area is 118 Å². The fraction of sp³-hybridized carbons (Fsp3) is 1.00. The van der Waals surface area contributed by atoms with Crippen LogP contribution in [0, 0.1) is 11.8 Å². The first-order valence-corrected chi connectivity index (χ1v) is 8.36. The topological polar surface area (TPSA) is 35.5 Å². The quantitative estimate of drug-likeness (QED) is 0.775. The Morgan fingerprint density at radius 2 is 2.05 bits per heavy atom. The van der Waals surface area contributed by atoms with E-state index in [1.807, 2.05) is 0 Å². The Hall–Kier alpha value is -0.120. The second-order valence-electron chi connectivity index (χ2n) is 6.49. The van der Waals surface area contributed by atoms with Gasteiger partial charge in [0, 0.05) is 18.6 Å². The average Bonchev–Trinajstić information content (AvgIpc) is 2.88. The van der Waals surface area contributed by atoms with Crippen LogP contribution in [0.15, 0.2) is 0 Å². The smallest absolute Gasteiger partial charge is 0.0586 e. The second kappa shape index (κ2) is 7.61. The van der Waals surface area contributed by atoms with E-state index in [1.54, 1.807) is 0 Å². The van der Waals surface area contributed by atoms with E-state index in [-0.39, 0.29) is 0 Å². The van der Waals surface area contributed by atoms with E-state index in [2.05, 4.69) is 24.1 Å². The minimum atomic E-state index is 0.343. The molecule has 19 heavy (non-hydrogen) atoms. The normalized spacial score (nSPS) is 36.8. The van der Waals surface area contributed by atoms with Crippen LogP contribution < -0.4 is 5.32 Å². The van der Waals surface area contributed by atoms with Gasteiger partial charge in [-0.1, -0.05) is 20.3 Å². The first-order valence-electron chi connectivity index (χ1n) is 8.36. The van der Waals surface area contributed by atoms with Crippen LogP contribution in [0.25, 0.3) is 0 Å². The minimum absolute atomic E-state index is 0.343. The van der Waals surface area contributed by atoms with Crippen molar-refractivity contribution in [2.24, 2.45) is 11.8 Å². The molecular formula is C16H32N2O. The first-order chi connectivity index (χ1) is 9.28. The van der Waals surface area contributed by atoms with Crippen molar-refractivity contribution >= 4 is 0 Å². The predicted molar refractivity (Wildman–Crippen MR) is 80.3 cm³/mol. The minimum Gasteiger partial charge on any atom is -0.395 e. The summed E-state index contributed by atoms with van der Waals surface area (Å²) in [6.45, 7) is 8.37. The fourth-order valence-electron chi connectivity index (χ4n) is 4.11. The number of nitrogens with zero attached hydrogens (tertiary/aromatic N) is 1. The Morgan fingerprint density at radius 1 is 1.21 bits per heavy atom. The van der Waals surface area contributed by atoms with Crippen molar-refractivity contribution < 1.29 is 5.11 Å². The van der Waals surface area contributed by atoms with Crippen molar-refractivity contribution in [1.29, 1.82) is 0 Å². The number of likely N-dealkylation sites (tertiary alicyclic amines) is 1. The van der Waals surface area contributed by atoms with Gasteiger partial charge in [-0.15, -0.1) is 0 Å². The molecule has 3 heteroatoms. The van der Waals surface area contributed by atoms with E-state index in [0.29, 0.717) is 18.7 Å². The summed E-state index contributed by atoms with van der Waals surface area (Å²) >= 11 is 0. The number of rotatable bonds is 6. The maximum absolute atomic E-state index is 9.48. The first kappa shape index (κ1) is 15.3. The second-order valence-corrected chi connectivity index (χ2v) is 6.49. The molecule has 0 aromatic heterocycles. The molecule has 0 bridgehead atoms. The highest BCUT2D eigenvalue weighted by molar-refractivity contribution is 4.89. The predicted octanol–water partition coefficient (Wildman–Crippen LogP) is 2.25. The van der Waals surface area contributed by atoms with Gasteiger partial charge < -0.3 is 10.4 Å². The van der Waals surface area contributed by atoms with Crippen LogP contribution in [0.1, 0.15) is 52.4 Å². The van der Waals surface area contributed by atoms with Crippen LogP contribution in [-0.4, -0.2) is 48.3 Å². The van der Waals surface area contributed by atoms with Gasteiger partial charge in [-0.3, -0.25) is 4.90 Å². The molecule has 1 aliphatic carbocycles. The van der Waals surface area contributed by atoms with E-state index < -0.39 is 0 Å². The van der Waals surface area contributed by atoms with Gasteiger partial charge in [0.25, 0.3) is 0 Å². The highest BCUT2D eigenvalue weighted by Crippen LogP contribution is 2.33. The number of hydrogen-bond donors (Lipinski definition) is 2. The summed E-state index contributed by atoms with van der Waals surface area (Å²) in [6, 6.07) is 1.14. The van der Waals surface area contributed by atoms with Crippen molar-refractivity contribution in [2.45, 2.75) is 64.5 Å². The Bertz CT molecular complexity index is 259. The Morgan fingerprint density at radius 3 is 2.74 bits per heavy atom. The lowest BCUT2D eigenvalue weighted by atomic mass is 9.76. The molecule has 1 saturated carbocycles. The summed E-state index contributed by atoms with van der Waals surface area (Å²) < 4.78 is 0. The molecule has 1 heterocycles. The Kier molecular flexibility index (Phi) is 6.11. The summed E-state index contributed by atoms with van der Waals surface area (Å²) in [5.41, 5.74) is 0. The molecule has 1 aliphatic heterocycles. The molecule has 0 radical (unpaired) electrons. The molecule has 1 saturated heterocycles. The average molecular weight is 268 g/mol. The number of aliphatic hydroxyl groups is 1. The highest BCUT2D eigenvalue weighted by atomic mass is 16.3. The summed E-state index contributed by atoms with van der Waals surface area (Å²) in [4.78, 5) is 2.55. The Balaban J connectivity index is 1.92. The molecule has 4 unspecified atom stereocenters. The molecule has 0 aromatic carbocycles. The molecule has 4 atom stereocenters. The molecule has 0 spiro atoms. The third-order valence-corrected chi connectivity index (χ3v) is 5.31. The van der Waals surface area contributed by atoms with E-state index in [4.69, 9.17) is 0 Å². The summed E-state index contributed by atoms with van der Waals surface area (Å²) in [5, 5.41) is 13.2. The van der Waals surface area contributed by atoms with Crippen LogP contribution in [0.4, 0.5) is 0 Å². The van der Waals surface area contributed by atoms with Gasteiger partial charge in [0.1, 0.15) is 0 Å². The molecule has 2 N–H and O–H groups in total. The van der Waals surface area contributed by atoms with Gasteiger partial charge >= 0.3 is 0 Å². The van der Waals surface area contributed by atoms with Crippen molar-refractivity contribution in [2.75, 3.05) is 26.2 Å². The van der Waals surface area contributed by atoms with Gasteiger partial charge in [-0.25, -0.2) is 0 Å². The molecule has 2 rings (SSSR count). The van der Waals surface area contributed by atoms with Crippen molar-refractivity contribution in [3.63, 3.8) is 0 Å². The largest absolute Gasteiger partial charge is 0.395 e. The number of aliphatic hydroxyl groups excluding tert-OH is 1. The monoisotopic (exact) mass is 268 g/mol. The molecule has 2 aliphatic rings. The summed E-state index contributed by atoms with van der Waals surface area (Å²) in [5.74, 6) is 1.71. The molecule has 0 amide bonds. The summed E-state index contributed by atoms with van der Waals surface area (Å²) in [7, 11) is 0. The third kappa shape index (κ3) is 3.93. The van der Waals surface area contributed by atoms with Gasteiger partial charge in [-0.2, -0.15) is 0 Å². The van der Waals surface area contributed by atoms with Crippen LogP contribution in [-0.2, 0) is 0 Å². The van der Waals surface area contributed by atoms with Crippen LogP contribution >= 0.6 is 0 Å². The van der Waals surface area contributed by atoms with Gasteiger partial charge in [0.05, 0.1) is 6.61 Å². The standard InChI is InChI=1S/C16H32N2O/c1-3-13-7-8-16(17-4-2)14(10-13)11-18-9-5-6-15(18)12-19/h13-17,19H,3-12H2,1-2H3. The maximum atomic E-state index is 9.48. The lowest BCUT2D eigenvalue weighted by molar-refractivity contribution is 0.104. The van der Waals surface area contributed by atoms with Crippen LogP contribution in [0.2, 0.25) is 0 Å². The van der Waals surface area contributed by atoms with Crippen molar-refractivity contribution in [1.82, 2.24) is 10.2 Å². The van der Waals surface area contributed by atoms with Crippen molar-refractivity contribution in [3.05, 3.63) is 0 Å². The number of nitrogens with one attached hydrogen (secondary N) is 1. The van der Waals surface area contributed by atoms with E-state index in [1.165, 1.54) is 51.6 Å². The van der Waals surface area contributed by atoms with Crippen LogP contribution in [0.5, 0.6) is 0 Å². The summed E-state index contributed by atoms with van der Waals surface area (Å²) in [6.07, 6.45) is 7.90. The van der Waals surface area contributed by atoms with Gasteiger partial charge in [0.2, 0.25) is 0 Å². The van der Waals surface area contributed by atoms with Gasteiger partial charge in [-0.05, 0) is 57.0 Å². The van der Waals surface area contributed by atoms with Crippen LogP contribution in [0.3, 0.4) is 0 Å². The lowest BCUT2D eigenvalue weighted by Gasteiger charge is -2.39. The zero-order chi connectivity index (χ0) is 13.7. The van der Waals surface area contributed by atoms with Crippen molar-refractivity contribution in [3.8, 4) is 0 Å². The lowest BCUT2D eigenvalue weighted by Crippen LogP contribution is -2.47. The molecule has 112 valence electrons. The molecular weight excluding hydrogens is 236 g/mol. The molecule has 0 aromatic rings. The van der Waals surface area contributed by atoms with E-state index in [0.717, 1.165) is 18.4 Å². The highest BCUT2D eigenvalue weighted by Gasteiger charge is 2.33.